The van der Waals surface area contributed by atoms with E-state index in [4.69, 9.17) is 0 Å². The first kappa shape index (κ1) is 16.8. The lowest BCUT2D eigenvalue weighted by Gasteiger charge is -2.04. The number of nitrogens with zero attached hydrogens (tertiary/aromatic N) is 1. The molecular weight excluding hydrogens is 310 g/mol. The van der Waals surface area contributed by atoms with E-state index in [9.17, 15) is 9.59 Å². The van der Waals surface area contributed by atoms with Crippen LogP contribution in [0.1, 0.15) is 15.9 Å². The van der Waals surface area contributed by atoms with Crippen LogP contribution in [0, 0.1) is 0 Å². The summed E-state index contributed by atoms with van der Waals surface area (Å²) < 4.78 is 0. The molecule has 0 heterocycles. The van der Waals surface area contributed by atoms with Crippen molar-refractivity contribution in [3.63, 3.8) is 0 Å². The number of rotatable bonds is 6. The van der Waals surface area contributed by atoms with Crippen molar-refractivity contribution in [2.75, 3.05) is 12.8 Å². The summed E-state index contributed by atoms with van der Waals surface area (Å²) in [5, 5.41) is 6.40. The summed E-state index contributed by atoms with van der Waals surface area (Å²) in [4.78, 5) is 24.6. The van der Waals surface area contributed by atoms with Crippen LogP contribution in [-0.4, -0.2) is 30.8 Å². The van der Waals surface area contributed by atoms with Gasteiger partial charge in [0, 0.05) is 10.5 Å². The molecule has 0 unspecified atom stereocenters. The molecule has 0 saturated carbocycles. The molecule has 0 atom stereocenters. The predicted octanol–water partition coefficient (Wildman–Crippen LogP) is 2.29. The number of hydrogen-bond acceptors (Lipinski definition) is 4. The second-order valence-electron chi connectivity index (χ2n) is 4.62. The van der Waals surface area contributed by atoms with Gasteiger partial charge >= 0.3 is 0 Å². The van der Waals surface area contributed by atoms with Crippen LogP contribution in [0.5, 0.6) is 0 Å². The first-order valence-electron chi connectivity index (χ1n) is 6.98. The molecule has 0 aromatic heterocycles. The monoisotopic (exact) mass is 327 g/mol. The Labute approximate surface area is 139 Å². The van der Waals surface area contributed by atoms with E-state index in [2.05, 4.69) is 15.8 Å². The van der Waals surface area contributed by atoms with E-state index in [-0.39, 0.29) is 18.4 Å². The second kappa shape index (κ2) is 8.75. The van der Waals surface area contributed by atoms with Crippen molar-refractivity contribution in [2.24, 2.45) is 5.10 Å². The average Bonchev–Trinajstić information content (AvgIpc) is 2.61. The predicted molar refractivity (Wildman–Crippen MR) is 92.7 cm³/mol. The summed E-state index contributed by atoms with van der Waals surface area (Å²) in [6.45, 7) is -0.128. The average molecular weight is 327 g/mol. The van der Waals surface area contributed by atoms with Crippen LogP contribution in [0.2, 0.25) is 0 Å². The van der Waals surface area contributed by atoms with Crippen LogP contribution in [0.3, 0.4) is 0 Å². The van der Waals surface area contributed by atoms with Crippen LogP contribution in [0.25, 0.3) is 0 Å². The third kappa shape index (κ3) is 5.60. The number of hydrogen-bond donors (Lipinski definition) is 2. The van der Waals surface area contributed by atoms with Gasteiger partial charge in [-0.1, -0.05) is 30.3 Å². The number of hydrazone groups is 1. The van der Waals surface area contributed by atoms with E-state index in [1.165, 1.54) is 0 Å². The maximum atomic E-state index is 11.8. The molecule has 2 rings (SSSR count). The standard InChI is InChI=1S/C17H17N3O2S/c1-23-15-9-7-13(8-10-15)11-19-20-16(21)12-18-17(22)14-5-3-2-4-6-14/h2-11H,12H2,1H3,(H,18,22)(H,20,21). The molecule has 23 heavy (non-hydrogen) atoms. The van der Waals surface area contributed by atoms with Crippen LogP contribution in [0.4, 0.5) is 0 Å². The van der Waals surface area contributed by atoms with Crippen molar-refractivity contribution in [1.82, 2.24) is 10.7 Å². The topological polar surface area (TPSA) is 70.6 Å². The van der Waals surface area contributed by atoms with Gasteiger partial charge in [0.1, 0.15) is 0 Å². The smallest absolute Gasteiger partial charge is 0.259 e. The zero-order valence-corrected chi connectivity index (χ0v) is 13.5. The Morgan fingerprint density at radius 1 is 1.09 bits per heavy atom. The molecule has 2 aromatic carbocycles. The fourth-order valence-electron chi connectivity index (χ4n) is 1.76. The van der Waals surface area contributed by atoms with Gasteiger partial charge in [-0.25, -0.2) is 5.43 Å². The van der Waals surface area contributed by atoms with Crippen LogP contribution < -0.4 is 10.7 Å². The third-order valence-corrected chi connectivity index (χ3v) is 3.71. The minimum Gasteiger partial charge on any atom is -0.343 e. The molecule has 6 heteroatoms. The summed E-state index contributed by atoms with van der Waals surface area (Å²) >= 11 is 1.66. The van der Waals surface area contributed by atoms with Gasteiger partial charge in [-0.2, -0.15) is 5.10 Å². The molecule has 0 radical (unpaired) electrons. The molecule has 0 aliphatic rings. The van der Waals surface area contributed by atoms with Crippen molar-refractivity contribution in [3.8, 4) is 0 Å². The molecule has 0 aliphatic carbocycles. The van der Waals surface area contributed by atoms with Gasteiger partial charge in [-0.3, -0.25) is 9.59 Å². The number of benzene rings is 2. The van der Waals surface area contributed by atoms with Gasteiger partial charge in [0.15, 0.2) is 0 Å². The van der Waals surface area contributed by atoms with E-state index >= 15 is 0 Å². The van der Waals surface area contributed by atoms with E-state index in [1.807, 2.05) is 36.6 Å². The van der Waals surface area contributed by atoms with Gasteiger partial charge < -0.3 is 5.32 Å². The number of carbonyl (C=O) groups excluding carboxylic acids is 2. The van der Waals surface area contributed by atoms with Crippen LogP contribution in [-0.2, 0) is 4.79 Å². The van der Waals surface area contributed by atoms with Crippen molar-refractivity contribution >= 4 is 29.8 Å². The normalized spacial score (nSPS) is 10.5. The molecule has 2 amide bonds. The third-order valence-electron chi connectivity index (χ3n) is 2.96. The highest BCUT2D eigenvalue weighted by atomic mass is 32.2. The van der Waals surface area contributed by atoms with Gasteiger partial charge in [-0.15, -0.1) is 11.8 Å². The Morgan fingerprint density at radius 2 is 1.78 bits per heavy atom. The lowest BCUT2D eigenvalue weighted by molar-refractivity contribution is -0.120. The molecule has 2 aromatic rings. The Morgan fingerprint density at radius 3 is 2.43 bits per heavy atom. The number of nitrogens with one attached hydrogen (secondary N) is 2. The Balaban J connectivity index is 1.76. The lowest BCUT2D eigenvalue weighted by Crippen LogP contribution is -2.34. The Bertz CT molecular complexity index is 685. The van der Waals surface area contributed by atoms with E-state index in [0.717, 1.165) is 10.5 Å². The highest BCUT2D eigenvalue weighted by Gasteiger charge is 2.06. The van der Waals surface area contributed by atoms with E-state index in [1.54, 1.807) is 42.2 Å². The molecule has 5 nitrogen and oxygen atoms in total. The molecule has 0 spiro atoms. The molecule has 2 N–H and O–H groups in total. The summed E-state index contributed by atoms with van der Waals surface area (Å²) in [7, 11) is 0. The zero-order valence-electron chi connectivity index (χ0n) is 12.7. The second-order valence-corrected chi connectivity index (χ2v) is 5.49. The number of thioether (sulfide) groups is 1. The van der Waals surface area contributed by atoms with Gasteiger partial charge in [0.25, 0.3) is 11.8 Å². The first-order chi connectivity index (χ1) is 11.2. The van der Waals surface area contributed by atoms with E-state index < -0.39 is 0 Å². The zero-order chi connectivity index (χ0) is 16.5. The minimum atomic E-state index is -0.383. The summed E-state index contributed by atoms with van der Waals surface area (Å²) in [5.74, 6) is -0.677. The van der Waals surface area contributed by atoms with Gasteiger partial charge in [0.2, 0.25) is 0 Å². The maximum Gasteiger partial charge on any atom is 0.259 e. The molecular formula is C17H17N3O2S. The Kier molecular flexibility index (Phi) is 6.38. The Hall–Kier alpha value is -2.60. The number of carbonyl (C=O) groups is 2. The van der Waals surface area contributed by atoms with Crippen LogP contribution >= 0.6 is 11.8 Å². The molecule has 118 valence electrons. The summed E-state index contributed by atoms with van der Waals surface area (Å²) in [6, 6.07) is 16.5. The minimum absolute atomic E-state index is 0.128. The fraction of sp³-hybridized carbons (Fsp3) is 0.118. The van der Waals surface area contributed by atoms with Crippen molar-refractivity contribution < 1.29 is 9.59 Å². The summed E-state index contributed by atoms with van der Waals surface area (Å²) in [6.07, 6.45) is 3.56. The van der Waals surface area contributed by atoms with Crippen LogP contribution in [0.15, 0.2) is 64.6 Å². The van der Waals surface area contributed by atoms with Crippen molar-refractivity contribution in [2.45, 2.75) is 4.90 Å². The highest BCUT2D eigenvalue weighted by Crippen LogP contribution is 2.13. The van der Waals surface area contributed by atoms with Gasteiger partial charge in [-0.05, 0) is 36.1 Å². The van der Waals surface area contributed by atoms with Gasteiger partial charge in [0.05, 0.1) is 12.8 Å². The molecule has 0 saturated heterocycles. The highest BCUT2D eigenvalue weighted by molar-refractivity contribution is 7.98. The SMILES string of the molecule is CSc1ccc(C=NNC(=O)CNC(=O)c2ccccc2)cc1. The van der Waals surface area contributed by atoms with Crippen molar-refractivity contribution in [3.05, 3.63) is 65.7 Å². The van der Waals surface area contributed by atoms with Crippen molar-refractivity contribution in [1.29, 1.82) is 0 Å². The first-order valence-corrected chi connectivity index (χ1v) is 8.21. The van der Waals surface area contributed by atoms with E-state index in [0.29, 0.717) is 5.56 Å². The summed E-state index contributed by atoms with van der Waals surface area (Å²) in [5.41, 5.74) is 3.77. The quantitative estimate of drug-likeness (QED) is 0.486. The fourth-order valence-corrected chi connectivity index (χ4v) is 2.17. The molecule has 0 aliphatic heterocycles. The molecule has 0 bridgehead atoms. The maximum absolute atomic E-state index is 11.8. The molecule has 0 fully saturated rings. The largest absolute Gasteiger partial charge is 0.343 e. The number of amides is 2. The lowest BCUT2D eigenvalue weighted by atomic mass is 10.2.